The van der Waals surface area contributed by atoms with Crippen LogP contribution in [0.25, 0.3) is 0 Å². The molecule has 0 unspecified atom stereocenters. The molecular weight excluding hydrogens is 374 g/mol. The summed E-state index contributed by atoms with van der Waals surface area (Å²) in [6.07, 6.45) is 7.81. The second kappa shape index (κ2) is 8.92. The average molecular weight is 399 g/mol. The van der Waals surface area contributed by atoms with Crippen LogP contribution in [-0.4, -0.2) is 20.8 Å². The third kappa shape index (κ3) is 5.12. The van der Waals surface area contributed by atoms with Crippen molar-refractivity contribution in [3.63, 3.8) is 0 Å². The lowest BCUT2D eigenvalue weighted by Crippen LogP contribution is -2.39. The largest absolute Gasteiger partial charge is 0.508 e. The Kier molecular flexibility index (Phi) is 5.90. The highest BCUT2D eigenvalue weighted by Crippen LogP contribution is 2.37. The maximum Gasteiger partial charge on any atom is 0.169 e. The summed E-state index contributed by atoms with van der Waals surface area (Å²) in [6.45, 7) is 0. The molecule has 4 heteroatoms. The van der Waals surface area contributed by atoms with Crippen LogP contribution in [0.2, 0.25) is 0 Å². The lowest BCUT2D eigenvalue weighted by atomic mass is 9.76. The number of phenols is 1. The molecule has 0 aliphatic heterocycles. The van der Waals surface area contributed by atoms with Gasteiger partial charge in [-0.1, -0.05) is 36.3 Å². The zero-order chi connectivity index (χ0) is 20.8. The van der Waals surface area contributed by atoms with Crippen LogP contribution in [0.4, 0.5) is 0 Å². The van der Waals surface area contributed by atoms with Gasteiger partial charge in [0.1, 0.15) is 17.2 Å². The minimum Gasteiger partial charge on any atom is -0.508 e. The zero-order valence-corrected chi connectivity index (χ0v) is 16.8. The molecule has 0 atom stereocenters. The molecule has 0 radical (unpaired) electrons. The van der Waals surface area contributed by atoms with Crippen LogP contribution in [0.1, 0.15) is 36.8 Å². The number of aromatic hydroxyl groups is 2. The Morgan fingerprint density at radius 2 is 1.67 bits per heavy atom. The smallest absolute Gasteiger partial charge is 0.169 e. The van der Waals surface area contributed by atoms with Gasteiger partial charge in [0, 0.05) is 11.8 Å². The van der Waals surface area contributed by atoms with Gasteiger partial charge in [0.25, 0.3) is 0 Å². The van der Waals surface area contributed by atoms with Crippen molar-refractivity contribution in [3.05, 3.63) is 84.2 Å². The van der Waals surface area contributed by atoms with E-state index in [0.29, 0.717) is 17.2 Å². The fraction of sp³-hybridized carbons (Fsp3) is 0.269. The molecule has 1 aliphatic rings. The number of ether oxygens (including phenoxy) is 1. The maximum atomic E-state index is 9.67. The quantitative estimate of drug-likeness (QED) is 0.600. The van der Waals surface area contributed by atoms with Gasteiger partial charge in [-0.2, -0.15) is 0 Å². The molecule has 2 N–H and O–H groups in total. The Labute approximate surface area is 177 Å². The molecule has 1 fully saturated rings. The highest BCUT2D eigenvalue weighted by atomic mass is 16.5. The van der Waals surface area contributed by atoms with Crippen molar-refractivity contribution in [2.75, 3.05) is 0 Å². The molecule has 30 heavy (non-hydrogen) atoms. The first-order valence-electron chi connectivity index (χ1n) is 10.3. The first-order chi connectivity index (χ1) is 14.6. The summed E-state index contributed by atoms with van der Waals surface area (Å²) in [6, 6.07) is 19.0. The van der Waals surface area contributed by atoms with E-state index in [0.717, 1.165) is 32.1 Å². The molecule has 4 rings (SSSR count). The van der Waals surface area contributed by atoms with E-state index in [1.54, 1.807) is 36.5 Å². The highest BCUT2D eigenvalue weighted by molar-refractivity contribution is 5.39. The van der Waals surface area contributed by atoms with E-state index in [4.69, 9.17) is 4.74 Å². The Balaban J connectivity index is 1.53. The fourth-order valence-corrected chi connectivity index (χ4v) is 3.97. The Hall–Kier alpha value is -3.45. The van der Waals surface area contributed by atoms with Gasteiger partial charge < -0.3 is 14.9 Å². The molecule has 0 amide bonds. The second-order valence-electron chi connectivity index (χ2n) is 7.91. The summed E-state index contributed by atoms with van der Waals surface area (Å²) in [5, 5.41) is 19.2. The second-order valence-corrected chi connectivity index (χ2v) is 7.91. The monoisotopic (exact) mass is 399 g/mol. The predicted molar refractivity (Wildman–Crippen MR) is 116 cm³/mol. The van der Waals surface area contributed by atoms with Crippen molar-refractivity contribution >= 4 is 0 Å². The molecule has 1 aliphatic carbocycles. The topological polar surface area (TPSA) is 62.6 Å². The third-order valence-electron chi connectivity index (χ3n) is 5.59. The molecule has 3 aromatic rings. The number of hydrogen-bond acceptors (Lipinski definition) is 4. The minimum absolute atomic E-state index is 0.0990. The van der Waals surface area contributed by atoms with Crippen LogP contribution in [0.15, 0.2) is 73.1 Å². The van der Waals surface area contributed by atoms with E-state index in [9.17, 15) is 10.2 Å². The summed E-state index contributed by atoms with van der Waals surface area (Å²) in [5.74, 6) is 8.09. The molecule has 1 heterocycles. The standard InChI is InChI=1S/C26H25NO3/c28-23-6-8-25(9-7-23)30-26(15-12-22-17-24(29)19-27-18-22)13-10-21(11-14-26)16-20-4-2-1-3-5-20/h1-9,17-19,21,28-29H,10-11,13-14,16H2. The fourth-order valence-electron chi connectivity index (χ4n) is 3.97. The lowest BCUT2D eigenvalue weighted by molar-refractivity contribution is 0.0684. The van der Waals surface area contributed by atoms with Crippen LogP contribution < -0.4 is 4.74 Å². The number of phenolic OH excluding ortho intramolecular Hbond substituents is 1. The minimum atomic E-state index is -0.602. The van der Waals surface area contributed by atoms with Gasteiger partial charge in [0.05, 0.1) is 6.20 Å². The average Bonchev–Trinajstić information content (AvgIpc) is 2.77. The SMILES string of the molecule is Oc1ccc(OC2(C#Cc3cncc(O)c3)CCC(Cc3ccccc3)CC2)cc1. The molecule has 152 valence electrons. The van der Waals surface area contributed by atoms with Crippen molar-refractivity contribution in [3.8, 4) is 29.1 Å². The van der Waals surface area contributed by atoms with Crippen molar-refractivity contribution in [1.29, 1.82) is 0 Å². The van der Waals surface area contributed by atoms with Gasteiger partial charge in [0.2, 0.25) is 0 Å². The normalized spacial score (nSPS) is 20.7. The van der Waals surface area contributed by atoms with E-state index in [-0.39, 0.29) is 11.5 Å². The molecule has 1 saturated carbocycles. The Morgan fingerprint density at radius 3 is 2.37 bits per heavy atom. The first-order valence-corrected chi connectivity index (χ1v) is 10.3. The zero-order valence-electron chi connectivity index (χ0n) is 16.8. The van der Waals surface area contributed by atoms with E-state index in [1.165, 1.54) is 11.8 Å². The van der Waals surface area contributed by atoms with E-state index < -0.39 is 5.60 Å². The van der Waals surface area contributed by atoms with Gasteiger partial charge in [0.15, 0.2) is 5.60 Å². The summed E-state index contributed by atoms with van der Waals surface area (Å²) in [4.78, 5) is 4.00. The molecule has 4 nitrogen and oxygen atoms in total. The number of benzene rings is 2. The van der Waals surface area contributed by atoms with E-state index >= 15 is 0 Å². The van der Waals surface area contributed by atoms with Crippen LogP contribution in [0.3, 0.4) is 0 Å². The summed E-state index contributed by atoms with van der Waals surface area (Å²) < 4.78 is 6.38. The Bertz CT molecular complexity index is 1030. The van der Waals surface area contributed by atoms with Crippen LogP contribution in [0, 0.1) is 17.8 Å². The summed E-state index contributed by atoms with van der Waals surface area (Å²) >= 11 is 0. The molecule has 1 aromatic heterocycles. The summed E-state index contributed by atoms with van der Waals surface area (Å²) in [7, 11) is 0. The first kappa shape index (κ1) is 19.8. The number of aromatic nitrogens is 1. The number of pyridine rings is 1. The van der Waals surface area contributed by atoms with Gasteiger partial charge in [-0.3, -0.25) is 4.98 Å². The number of nitrogens with zero attached hydrogens (tertiary/aromatic N) is 1. The predicted octanol–water partition coefficient (Wildman–Crippen LogP) is 5.10. The number of rotatable bonds is 4. The molecular formula is C26H25NO3. The number of hydrogen-bond donors (Lipinski definition) is 2. The molecule has 0 saturated heterocycles. The van der Waals surface area contributed by atoms with Crippen LogP contribution in [-0.2, 0) is 6.42 Å². The Morgan fingerprint density at radius 1 is 0.933 bits per heavy atom. The van der Waals surface area contributed by atoms with Gasteiger partial charge in [-0.15, -0.1) is 0 Å². The highest BCUT2D eigenvalue weighted by Gasteiger charge is 2.36. The van der Waals surface area contributed by atoms with Gasteiger partial charge >= 0.3 is 0 Å². The van der Waals surface area contributed by atoms with Crippen molar-refractivity contribution in [2.24, 2.45) is 5.92 Å². The van der Waals surface area contributed by atoms with Crippen LogP contribution in [0.5, 0.6) is 17.2 Å². The molecule has 0 spiro atoms. The summed E-state index contributed by atoms with van der Waals surface area (Å²) in [5.41, 5.74) is 1.43. The van der Waals surface area contributed by atoms with Gasteiger partial charge in [-0.25, -0.2) is 0 Å². The molecule has 0 bridgehead atoms. The van der Waals surface area contributed by atoms with Crippen molar-refractivity contribution < 1.29 is 14.9 Å². The van der Waals surface area contributed by atoms with Gasteiger partial charge in [-0.05, 0) is 79.8 Å². The van der Waals surface area contributed by atoms with Crippen molar-refractivity contribution in [2.45, 2.75) is 37.7 Å². The molecule has 2 aromatic carbocycles. The third-order valence-corrected chi connectivity index (χ3v) is 5.59. The van der Waals surface area contributed by atoms with E-state index in [2.05, 4.69) is 41.1 Å². The van der Waals surface area contributed by atoms with Crippen LogP contribution >= 0.6 is 0 Å². The van der Waals surface area contributed by atoms with E-state index in [1.807, 2.05) is 6.07 Å². The maximum absolute atomic E-state index is 9.67. The lowest BCUT2D eigenvalue weighted by Gasteiger charge is -2.37. The van der Waals surface area contributed by atoms with Crippen molar-refractivity contribution in [1.82, 2.24) is 4.98 Å².